The summed E-state index contributed by atoms with van der Waals surface area (Å²) in [6.07, 6.45) is 5.34. The molecule has 1 aliphatic heterocycles. The molecule has 3 aliphatic rings. The average Bonchev–Trinajstić information content (AvgIpc) is 3.33. The molecule has 0 unspecified atom stereocenters. The monoisotopic (exact) mass is 430 g/mol. The van der Waals surface area contributed by atoms with Crippen LogP contribution < -0.4 is 5.14 Å². The fraction of sp³-hybridized carbons (Fsp3) is 0.500. The SMILES string of the molecule is CC(C)C[C@H](C(=O)Cc1ccc(S(N)(=O)=O)cc1)N1C(=O)[C@@H]2[C@@H](C1=O)[C@H]1C=C[C@H]2C1. The van der Waals surface area contributed by atoms with Gasteiger partial charge in [0, 0.05) is 6.42 Å². The van der Waals surface area contributed by atoms with Gasteiger partial charge in [-0.25, -0.2) is 13.6 Å². The Morgan fingerprint density at radius 3 is 2.07 bits per heavy atom. The molecule has 8 heteroatoms. The lowest BCUT2D eigenvalue weighted by Crippen LogP contribution is -2.47. The Hall–Kier alpha value is -2.32. The van der Waals surface area contributed by atoms with E-state index in [-0.39, 0.29) is 58.5 Å². The number of sulfonamides is 1. The van der Waals surface area contributed by atoms with Crippen molar-refractivity contribution in [3.63, 3.8) is 0 Å². The van der Waals surface area contributed by atoms with Crippen molar-refractivity contribution in [3.05, 3.63) is 42.0 Å². The number of allylic oxidation sites excluding steroid dienone is 2. The maximum atomic E-state index is 13.2. The molecule has 1 aromatic rings. The molecule has 1 saturated heterocycles. The maximum absolute atomic E-state index is 13.2. The number of carbonyl (C=O) groups excluding carboxylic acids is 3. The molecule has 5 atom stereocenters. The number of nitrogens with two attached hydrogens (primary N) is 1. The molecule has 0 aromatic heterocycles. The summed E-state index contributed by atoms with van der Waals surface area (Å²) in [6.45, 7) is 3.91. The Morgan fingerprint density at radius 2 is 1.60 bits per heavy atom. The van der Waals surface area contributed by atoms with Gasteiger partial charge in [0.2, 0.25) is 21.8 Å². The largest absolute Gasteiger partial charge is 0.297 e. The summed E-state index contributed by atoms with van der Waals surface area (Å²) in [4.78, 5) is 40.7. The fourth-order valence-corrected chi connectivity index (χ4v) is 5.69. The second kappa shape index (κ2) is 7.42. The van der Waals surface area contributed by atoms with E-state index >= 15 is 0 Å². The third-order valence-electron chi connectivity index (χ3n) is 6.51. The highest BCUT2D eigenvalue weighted by Gasteiger charge is 2.60. The molecule has 2 bridgehead atoms. The summed E-state index contributed by atoms with van der Waals surface area (Å²) in [6, 6.07) is 4.99. The zero-order valence-corrected chi connectivity index (χ0v) is 17.8. The summed E-state index contributed by atoms with van der Waals surface area (Å²) >= 11 is 0. The first-order valence-electron chi connectivity index (χ1n) is 10.3. The normalized spacial score (nSPS) is 28.5. The molecule has 0 radical (unpaired) electrons. The topological polar surface area (TPSA) is 115 Å². The van der Waals surface area contributed by atoms with E-state index < -0.39 is 16.1 Å². The lowest BCUT2D eigenvalue weighted by atomic mass is 9.85. The van der Waals surface area contributed by atoms with E-state index in [9.17, 15) is 22.8 Å². The molecule has 1 aromatic carbocycles. The van der Waals surface area contributed by atoms with Crippen LogP contribution in [0.3, 0.4) is 0 Å². The van der Waals surface area contributed by atoms with Crippen LogP contribution in [0.2, 0.25) is 0 Å². The lowest BCUT2D eigenvalue weighted by molar-refractivity contribution is -0.148. The molecular weight excluding hydrogens is 404 g/mol. The minimum atomic E-state index is -3.81. The summed E-state index contributed by atoms with van der Waals surface area (Å²) in [5.41, 5.74) is 0.613. The molecule has 1 heterocycles. The smallest absolute Gasteiger partial charge is 0.238 e. The number of rotatable bonds is 7. The Bertz CT molecular complexity index is 998. The first kappa shape index (κ1) is 20.9. The van der Waals surface area contributed by atoms with Crippen molar-refractivity contribution in [2.75, 3.05) is 0 Å². The summed E-state index contributed by atoms with van der Waals surface area (Å²) in [7, 11) is -3.81. The number of nitrogens with zero attached hydrogens (tertiary/aromatic N) is 1. The van der Waals surface area contributed by atoms with E-state index in [1.54, 1.807) is 0 Å². The third kappa shape index (κ3) is 3.52. The van der Waals surface area contributed by atoms with Gasteiger partial charge in [-0.15, -0.1) is 0 Å². The summed E-state index contributed by atoms with van der Waals surface area (Å²) < 4.78 is 22.8. The van der Waals surface area contributed by atoms with Crippen LogP contribution in [0.25, 0.3) is 0 Å². The van der Waals surface area contributed by atoms with Crippen molar-refractivity contribution in [2.45, 2.75) is 44.0 Å². The van der Waals surface area contributed by atoms with Gasteiger partial charge in [-0.3, -0.25) is 19.3 Å². The molecule has 30 heavy (non-hydrogen) atoms. The van der Waals surface area contributed by atoms with Crippen molar-refractivity contribution >= 4 is 27.6 Å². The van der Waals surface area contributed by atoms with Crippen molar-refractivity contribution in [3.8, 4) is 0 Å². The van der Waals surface area contributed by atoms with Gasteiger partial charge in [0.25, 0.3) is 0 Å². The third-order valence-corrected chi connectivity index (χ3v) is 7.44. The van der Waals surface area contributed by atoms with E-state index in [0.717, 1.165) is 6.42 Å². The van der Waals surface area contributed by atoms with Crippen molar-refractivity contribution in [1.82, 2.24) is 4.90 Å². The standard InChI is InChI=1S/C22H26N2O5S/c1-12(2)9-17(18(25)10-13-3-7-16(8-4-13)30(23,28)29)24-21(26)19-14-5-6-15(11-14)20(19)22(24)27/h3-8,12,14-15,17,19-20H,9-11H2,1-2H3,(H2,23,28,29)/t14-,15-,17+,19-,20-/m0/s1. The van der Waals surface area contributed by atoms with Crippen LogP contribution in [0.1, 0.15) is 32.3 Å². The number of likely N-dealkylation sites (tertiary alicyclic amines) is 1. The predicted octanol–water partition coefficient (Wildman–Crippen LogP) is 1.67. The zero-order valence-electron chi connectivity index (χ0n) is 17.0. The number of carbonyl (C=O) groups is 3. The average molecular weight is 431 g/mol. The number of primary sulfonamides is 1. The fourth-order valence-electron chi connectivity index (χ4n) is 5.18. The van der Waals surface area contributed by atoms with Crippen LogP contribution in [0.4, 0.5) is 0 Å². The summed E-state index contributed by atoms with van der Waals surface area (Å²) in [5, 5.41) is 5.12. The molecule has 2 N–H and O–H groups in total. The maximum Gasteiger partial charge on any atom is 0.238 e. The first-order valence-corrected chi connectivity index (χ1v) is 11.8. The lowest BCUT2D eigenvalue weighted by Gasteiger charge is -2.28. The zero-order chi connectivity index (χ0) is 21.8. The molecule has 2 amide bonds. The van der Waals surface area contributed by atoms with Crippen LogP contribution in [0.15, 0.2) is 41.3 Å². The minimum absolute atomic E-state index is 0.0137. The van der Waals surface area contributed by atoms with Gasteiger partial charge < -0.3 is 0 Å². The highest BCUT2D eigenvalue weighted by Crippen LogP contribution is 2.53. The van der Waals surface area contributed by atoms with Crippen LogP contribution in [-0.4, -0.2) is 37.0 Å². The van der Waals surface area contributed by atoms with Gasteiger partial charge in [0.15, 0.2) is 5.78 Å². The molecule has 1 saturated carbocycles. The Morgan fingerprint density at radius 1 is 1.07 bits per heavy atom. The van der Waals surface area contributed by atoms with Gasteiger partial charge in [0.1, 0.15) is 0 Å². The molecule has 4 rings (SSSR count). The number of ketones is 1. The number of hydrogen-bond acceptors (Lipinski definition) is 5. The van der Waals surface area contributed by atoms with E-state index in [1.807, 2.05) is 26.0 Å². The highest BCUT2D eigenvalue weighted by molar-refractivity contribution is 7.89. The molecule has 0 spiro atoms. The predicted molar refractivity (Wildman–Crippen MR) is 109 cm³/mol. The van der Waals surface area contributed by atoms with Gasteiger partial charge >= 0.3 is 0 Å². The van der Waals surface area contributed by atoms with Crippen LogP contribution in [0.5, 0.6) is 0 Å². The number of imide groups is 1. The first-order chi connectivity index (χ1) is 14.1. The molecular formula is C22H26N2O5S. The van der Waals surface area contributed by atoms with Crippen LogP contribution >= 0.6 is 0 Å². The van der Waals surface area contributed by atoms with Crippen LogP contribution in [0, 0.1) is 29.6 Å². The number of amides is 2. The van der Waals surface area contributed by atoms with E-state index in [0.29, 0.717) is 12.0 Å². The number of fused-ring (bicyclic) bond motifs is 5. The van der Waals surface area contributed by atoms with Crippen LogP contribution in [-0.2, 0) is 30.8 Å². The molecule has 2 fully saturated rings. The number of benzene rings is 1. The van der Waals surface area contributed by atoms with E-state index in [1.165, 1.54) is 29.2 Å². The van der Waals surface area contributed by atoms with Crippen molar-refractivity contribution in [2.24, 2.45) is 34.7 Å². The Balaban J connectivity index is 1.56. The van der Waals surface area contributed by atoms with Crippen molar-refractivity contribution in [1.29, 1.82) is 0 Å². The molecule has 2 aliphatic carbocycles. The number of hydrogen-bond donors (Lipinski definition) is 1. The van der Waals surface area contributed by atoms with Gasteiger partial charge in [-0.05, 0) is 48.3 Å². The Kier molecular flexibility index (Phi) is 5.18. The quantitative estimate of drug-likeness (QED) is 0.522. The molecule has 160 valence electrons. The Labute approximate surface area is 176 Å². The number of Topliss-reactive ketones (excluding diaryl/α,β-unsaturated/α-hetero) is 1. The summed E-state index contributed by atoms with van der Waals surface area (Å²) in [5.74, 6) is -0.985. The van der Waals surface area contributed by atoms with E-state index in [2.05, 4.69) is 0 Å². The van der Waals surface area contributed by atoms with E-state index in [4.69, 9.17) is 5.14 Å². The second-order valence-electron chi connectivity index (χ2n) is 9.02. The van der Waals surface area contributed by atoms with Gasteiger partial charge in [-0.2, -0.15) is 0 Å². The minimum Gasteiger partial charge on any atom is -0.297 e. The highest BCUT2D eigenvalue weighted by atomic mass is 32.2. The van der Waals surface area contributed by atoms with Gasteiger partial charge in [0.05, 0.1) is 22.8 Å². The van der Waals surface area contributed by atoms with Gasteiger partial charge in [-0.1, -0.05) is 38.1 Å². The second-order valence-corrected chi connectivity index (χ2v) is 10.6. The van der Waals surface area contributed by atoms with Crippen molar-refractivity contribution < 1.29 is 22.8 Å². The molecule has 7 nitrogen and oxygen atoms in total.